The topological polar surface area (TPSA) is 50.2 Å². The maximum Gasteiger partial charge on any atom is 0.148 e. The highest BCUT2D eigenvalue weighted by molar-refractivity contribution is 5.86. The van der Waals surface area contributed by atoms with Crippen LogP contribution in [-0.4, -0.2) is 16.2 Å². The minimum Gasteiger partial charge on any atom is -0.276 e. The van der Waals surface area contributed by atoms with Crippen LogP contribution in [0.15, 0.2) is 60.0 Å². The van der Waals surface area contributed by atoms with Crippen LogP contribution in [0.3, 0.4) is 0 Å². The van der Waals surface area contributed by atoms with E-state index >= 15 is 0 Å². The van der Waals surface area contributed by atoms with Crippen molar-refractivity contribution < 1.29 is 4.39 Å². The number of hydrazone groups is 1. The minimum absolute atomic E-state index is 0.337. The Hall–Kier alpha value is -2.82. The molecule has 0 saturated heterocycles. The number of anilines is 1. The fourth-order valence-corrected chi connectivity index (χ4v) is 1.79. The number of fused-ring (bicyclic) bond motifs is 1. The van der Waals surface area contributed by atoms with Gasteiger partial charge >= 0.3 is 0 Å². The smallest absolute Gasteiger partial charge is 0.148 e. The van der Waals surface area contributed by atoms with Crippen LogP contribution in [-0.2, 0) is 0 Å². The Balaban J connectivity index is 1.79. The number of hydrogen-bond acceptors (Lipinski definition) is 4. The van der Waals surface area contributed by atoms with Gasteiger partial charge in [0.2, 0.25) is 0 Å². The van der Waals surface area contributed by atoms with Crippen molar-refractivity contribution in [1.29, 1.82) is 0 Å². The molecule has 0 bridgehead atoms. The van der Waals surface area contributed by atoms with E-state index in [0.717, 1.165) is 16.6 Å². The molecule has 4 nitrogen and oxygen atoms in total. The average molecular weight is 266 g/mol. The van der Waals surface area contributed by atoms with E-state index in [0.29, 0.717) is 5.69 Å². The average Bonchev–Trinajstić information content (AvgIpc) is 2.49. The molecule has 0 aliphatic carbocycles. The second kappa shape index (κ2) is 5.44. The molecular formula is C15H11FN4. The van der Waals surface area contributed by atoms with Crippen LogP contribution in [0.5, 0.6) is 0 Å². The summed E-state index contributed by atoms with van der Waals surface area (Å²) < 4.78 is 13.4. The predicted molar refractivity (Wildman–Crippen MR) is 77.2 cm³/mol. The summed E-state index contributed by atoms with van der Waals surface area (Å²) in [6.07, 6.45) is 4.90. The first kappa shape index (κ1) is 12.2. The van der Waals surface area contributed by atoms with Crippen LogP contribution in [0.2, 0.25) is 0 Å². The van der Waals surface area contributed by atoms with Gasteiger partial charge in [-0.1, -0.05) is 18.2 Å². The number of benzene rings is 2. The molecule has 0 aliphatic heterocycles. The molecule has 1 aromatic heterocycles. The van der Waals surface area contributed by atoms with Gasteiger partial charge in [-0.05, 0) is 29.8 Å². The third-order valence-electron chi connectivity index (χ3n) is 2.77. The van der Waals surface area contributed by atoms with E-state index in [2.05, 4.69) is 20.5 Å². The van der Waals surface area contributed by atoms with Gasteiger partial charge in [-0.25, -0.2) is 4.39 Å². The first-order valence-electron chi connectivity index (χ1n) is 6.07. The molecule has 3 rings (SSSR count). The van der Waals surface area contributed by atoms with Gasteiger partial charge in [-0.3, -0.25) is 15.4 Å². The van der Waals surface area contributed by atoms with E-state index < -0.39 is 0 Å². The van der Waals surface area contributed by atoms with Crippen molar-refractivity contribution in [3.8, 4) is 0 Å². The van der Waals surface area contributed by atoms with E-state index in [-0.39, 0.29) is 5.82 Å². The highest BCUT2D eigenvalue weighted by Crippen LogP contribution is 2.12. The van der Waals surface area contributed by atoms with Gasteiger partial charge in [-0.2, -0.15) is 5.10 Å². The molecule has 0 radical (unpaired) electrons. The molecule has 0 amide bonds. The molecular weight excluding hydrogens is 255 g/mol. The van der Waals surface area contributed by atoms with Crippen molar-refractivity contribution in [2.45, 2.75) is 0 Å². The van der Waals surface area contributed by atoms with Crippen LogP contribution in [0.1, 0.15) is 5.56 Å². The summed E-state index contributed by atoms with van der Waals surface area (Å²) >= 11 is 0. The SMILES string of the molecule is Fc1ccccc1N/N=C/c1ccc2nccnc2c1. The predicted octanol–water partition coefficient (Wildman–Crippen LogP) is 3.21. The first-order chi connectivity index (χ1) is 9.83. The van der Waals surface area contributed by atoms with Gasteiger partial charge in [0.15, 0.2) is 0 Å². The van der Waals surface area contributed by atoms with Gasteiger partial charge in [0.1, 0.15) is 5.82 Å². The summed E-state index contributed by atoms with van der Waals surface area (Å²) in [5.74, 6) is -0.339. The Morgan fingerprint density at radius 2 is 1.80 bits per heavy atom. The van der Waals surface area contributed by atoms with E-state index in [1.54, 1.807) is 36.8 Å². The zero-order chi connectivity index (χ0) is 13.8. The molecule has 20 heavy (non-hydrogen) atoms. The van der Waals surface area contributed by atoms with E-state index in [9.17, 15) is 4.39 Å². The molecule has 1 N–H and O–H groups in total. The Kier molecular flexibility index (Phi) is 3.33. The third kappa shape index (κ3) is 2.61. The monoisotopic (exact) mass is 266 g/mol. The number of para-hydroxylation sites is 1. The lowest BCUT2D eigenvalue weighted by Crippen LogP contribution is -1.93. The third-order valence-corrected chi connectivity index (χ3v) is 2.77. The summed E-state index contributed by atoms with van der Waals surface area (Å²) in [6.45, 7) is 0. The minimum atomic E-state index is -0.339. The number of aromatic nitrogens is 2. The highest BCUT2D eigenvalue weighted by Gasteiger charge is 1.98. The van der Waals surface area contributed by atoms with Crippen molar-refractivity contribution in [3.63, 3.8) is 0 Å². The Bertz CT molecular complexity index is 770. The molecule has 0 aliphatic rings. The summed E-state index contributed by atoms with van der Waals surface area (Å²) in [4.78, 5) is 8.41. The molecule has 0 spiro atoms. The second-order valence-corrected chi connectivity index (χ2v) is 4.15. The number of nitrogens with zero attached hydrogens (tertiary/aromatic N) is 3. The highest BCUT2D eigenvalue weighted by atomic mass is 19.1. The molecule has 3 aromatic rings. The van der Waals surface area contributed by atoms with Gasteiger partial charge in [0.05, 0.1) is 22.9 Å². The zero-order valence-electron chi connectivity index (χ0n) is 10.5. The Morgan fingerprint density at radius 3 is 2.65 bits per heavy atom. The maximum absolute atomic E-state index is 13.4. The Morgan fingerprint density at radius 1 is 1.00 bits per heavy atom. The quantitative estimate of drug-likeness (QED) is 0.585. The lowest BCUT2D eigenvalue weighted by atomic mass is 10.2. The van der Waals surface area contributed by atoms with Crippen molar-refractivity contribution in [2.75, 3.05) is 5.43 Å². The summed E-state index contributed by atoms with van der Waals surface area (Å²) in [5.41, 5.74) is 5.49. The van der Waals surface area contributed by atoms with Gasteiger partial charge in [0, 0.05) is 12.4 Å². The number of nitrogens with one attached hydrogen (secondary N) is 1. The van der Waals surface area contributed by atoms with Crippen LogP contribution in [0.4, 0.5) is 10.1 Å². The largest absolute Gasteiger partial charge is 0.276 e. The molecule has 0 atom stereocenters. The maximum atomic E-state index is 13.4. The van der Waals surface area contributed by atoms with Crippen LogP contribution >= 0.6 is 0 Å². The first-order valence-corrected chi connectivity index (χ1v) is 6.07. The molecule has 0 unspecified atom stereocenters. The summed E-state index contributed by atoms with van der Waals surface area (Å²) in [5, 5.41) is 4.02. The molecule has 98 valence electrons. The normalized spacial score (nSPS) is 11.1. The molecule has 5 heteroatoms. The zero-order valence-corrected chi connectivity index (χ0v) is 10.5. The standard InChI is InChI=1S/C15H11FN4/c16-12-3-1-2-4-13(12)20-19-10-11-5-6-14-15(9-11)18-8-7-17-14/h1-10,20H/b19-10+. The number of rotatable bonds is 3. The van der Waals surface area contributed by atoms with Gasteiger partial charge in [-0.15, -0.1) is 0 Å². The van der Waals surface area contributed by atoms with E-state index in [4.69, 9.17) is 0 Å². The summed E-state index contributed by atoms with van der Waals surface area (Å²) in [6, 6.07) is 12.0. The lowest BCUT2D eigenvalue weighted by Gasteiger charge is -2.01. The number of halogens is 1. The molecule has 2 aromatic carbocycles. The van der Waals surface area contributed by atoms with Crippen LogP contribution < -0.4 is 5.43 Å². The second-order valence-electron chi connectivity index (χ2n) is 4.15. The Labute approximate surface area is 115 Å². The number of hydrogen-bond donors (Lipinski definition) is 1. The van der Waals surface area contributed by atoms with Gasteiger partial charge in [0.25, 0.3) is 0 Å². The summed E-state index contributed by atoms with van der Waals surface area (Å²) in [7, 11) is 0. The van der Waals surface area contributed by atoms with Crippen molar-refractivity contribution in [3.05, 3.63) is 66.2 Å². The fraction of sp³-hybridized carbons (Fsp3) is 0. The van der Waals surface area contributed by atoms with Crippen molar-refractivity contribution in [1.82, 2.24) is 9.97 Å². The molecule has 1 heterocycles. The fourth-order valence-electron chi connectivity index (χ4n) is 1.79. The van der Waals surface area contributed by atoms with E-state index in [1.807, 2.05) is 18.2 Å². The molecule has 0 fully saturated rings. The van der Waals surface area contributed by atoms with Crippen LogP contribution in [0, 0.1) is 5.82 Å². The van der Waals surface area contributed by atoms with E-state index in [1.165, 1.54) is 6.07 Å². The van der Waals surface area contributed by atoms with Crippen molar-refractivity contribution in [2.24, 2.45) is 5.10 Å². The van der Waals surface area contributed by atoms with Crippen LogP contribution in [0.25, 0.3) is 11.0 Å². The lowest BCUT2D eigenvalue weighted by molar-refractivity contribution is 0.631. The molecule has 0 saturated carbocycles. The van der Waals surface area contributed by atoms with Crippen molar-refractivity contribution >= 4 is 22.9 Å². The van der Waals surface area contributed by atoms with Gasteiger partial charge < -0.3 is 0 Å².